The summed E-state index contributed by atoms with van der Waals surface area (Å²) in [4.78, 5) is 12.2. The van der Waals surface area contributed by atoms with Crippen molar-refractivity contribution in [2.75, 3.05) is 26.5 Å². The summed E-state index contributed by atoms with van der Waals surface area (Å²) in [6.07, 6.45) is 1.44. The molecule has 0 fully saturated rings. The quantitative estimate of drug-likeness (QED) is 0.664. The topological polar surface area (TPSA) is 93.8 Å². The first-order valence-corrected chi connectivity index (χ1v) is 6.86. The Morgan fingerprint density at radius 1 is 1.33 bits per heavy atom. The van der Waals surface area contributed by atoms with Gasteiger partial charge in [0, 0.05) is 18.3 Å². The molecule has 0 saturated heterocycles. The molecule has 0 radical (unpaired) electrons. The molecule has 118 valence electrons. The second kappa shape index (κ2) is 7.17. The number of nitrogens with one attached hydrogen (secondary N) is 1. The van der Waals surface area contributed by atoms with Crippen LogP contribution in [0, 0.1) is 0 Å². The summed E-state index contributed by atoms with van der Waals surface area (Å²) in [7, 11) is 2.99. The predicted molar refractivity (Wildman–Crippen MR) is 81.8 cm³/mol. The Hall–Kier alpha value is -1.95. The number of carbonyl (C=O) groups excluding carboxylic acids is 1. The average Bonchev–Trinajstić information content (AvgIpc) is 2.44. The highest BCUT2D eigenvalue weighted by molar-refractivity contribution is 6.00. The van der Waals surface area contributed by atoms with Crippen LogP contribution in [-0.2, 0) is 0 Å². The van der Waals surface area contributed by atoms with Crippen molar-refractivity contribution in [1.82, 2.24) is 5.32 Å². The van der Waals surface area contributed by atoms with Crippen LogP contribution in [0.1, 0.15) is 37.0 Å². The third-order valence-corrected chi connectivity index (χ3v) is 3.22. The van der Waals surface area contributed by atoms with Gasteiger partial charge in [-0.05, 0) is 19.4 Å². The van der Waals surface area contributed by atoms with Crippen LogP contribution in [0.3, 0.4) is 0 Å². The molecule has 0 aliphatic rings. The fourth-order valence-electron chi connectivity index (χ4n) is 2.08. The molecule has 1 atom stereocenters. The number of amides is 1. The molecule has 0 heterocycles. The van der Waals surface area contributed by atoms with E-state index in [0.29, 0.717) is 29.2 Å². The molecule has 1 amide bonds. The predicted octanol–water partition coefficient (Wildman–Crippen LogP) is 1.57. The Bertz CT molecular complexity index is 501. The first-order chi connectivity index (χ1) is 9.84. The minimum Gasteiger partial charge on any atom is -0.493 e. The highest BCUT2D eigenvalue weighted by Gasteiger charge is 2.22. The van der Waals surface area contributed by atoms with Gasteiger partial charge >= 0.3 is 0 Å². The molecular weight excluding hydrogens is 272 g/mol. The molecule has 1 rings (SSSR count). The smallest absolute Gasteiger partial charge is 0.253 e. The first kappa shape index (κ1) is 17.1. The lowest BCUT2D eigenvalue weighted by atomic mass is 10.0. The van der Waals surface area contributed by atoms with Gasteiger partial charge in [-0.3, -0.25) is 4.79 Å². The Kier molecular flexibility index (Phi) is 5.84. The van der Waals surface area contributed by atoms with Gasteiger partial charge in [-0.2, -0.15) is 0 Å². The Morgan fingerprint density at radius 2 is 1.90 bits per heavy atom. The van der Waals surface area contributed by atoms with E-state index in [4.69, 9.17) is 15.2 Å². The molecule has 0 aliphatic carbocycles. The van der Waals surface area contributed by atoms with Crippen LogP contribution in [0.25, 0.3) is 0 Å². The number of hydrogen-bond donors (Lipinski definition) is 3. The van der Waals surface area contributed by atoms with E-state index in [9.17, 15) is 9.90 Å². The van der Waals surface area contributed by atoms with E-state index in [1.54, 1.807) is 6.92 Å². The summed E-state index contributed by atoms with van der Waals surface area (Å²) in [6, 6.07) is 3.07. The van der Waals surface area contributed by atoms with Crippen molar-refractivity contribution in [3.05, 3.63) is 17.7 Å². The zero-order chi connectivity index (χ0) is 16.0. The second-order valence-electron chi connectivity index (χ2n) is 5.22. The molecule has 0 bridgehead atoms. The standard InChI is InChI=1S/C15H24N2O4/c1-5-6-15(2,19)9-17-14(18)10-7-12(20-3)13(21-4)8-11(10)16/h7-8,19H,5-6,9,16H2,1-4H3,(H,17,18). The van der Waals surface area contributed by atoms with Crippen molar-refractivity contribution in [2.24, 2.45) is 0 Å². The van der Waals surface area contributed by atoms with Crippen LogP contribution < -0.4 is 20.5 Å². The van der Waals surface area contributed by atoms with Gasteiger partial charge in [-0.15, -0.1) is 0 Å². The SMILES string of the molecule is CCCC(C)(O)CNC(=O)c1cc(OC)c(OC)cc1N. The van der Waals surface area contributed by atoms with Crippen molar-refractivity contribution >= 4 is 11.6 Å². The van der Waals surface area contributed by atoms with Gasteiger partial charge in [0.15, 0.2) is 11.5 Å². The van der Waals surface area contributed by atoms with E-state index in [-0.39, 0.29) is 12.5 Å². The lowest BCUT2D eigenvalue weighted by molar-refractivity contribution is 0.0470. The first-order valence-electron chi connectivity index (χ1n) is 6.86. The minimum atomic E-state index is -0.935. The maximum atomic E-state index is 12.2. The van der Waals surface area contributed by atoms with Crippen molar-refractivity contribution in [2.45, 2.75) is 32.3 Å². The van der Waals surface area contributed by atoms with Gasteiger partial charge in [-0.1, -0.05) is 13.3 Å². The summed E-state index contributed by atoms with van der Waals surface area (Å²) in [5, 5.41) is 12.8. The Labute approximate surface area is 125 Å². The van der Waals surface area contributed by atoms with E-state index in [2.05, 4.69) is 5.32 Å². The third kappa shape index (κ3) is 4.53. The van der Waals surface area contributed by atoms with E-state index in [1.165, 1.54) is 26.4 Å². The maximum absolute atomic E-state index is 12.2. The molecule has 0 aliphatic heterocycles. The van der Waals surface area contributed by atoms with Crippen molar-refractivity contribution in [3.63, 3.8) is 0 Å². The molecule has 0 aromatic heterocycles. The van der Waals surface area contributed by atoms with Crippen molar-refractivity contribution in [1.29, 1.82) is 0 Å². The maximum Gasteiger partial charge on any atom is 0.253 e. The monoisotopic (exact) mass is 296 g/mol. The van der Waals surface area contributed by atoms with Crippen LogP contribution >= 0.6 is 0 Å². The summed E-state index contributed by atoms with van der Waals surface area (Å²) in [5.74, 6) is 0.534. The number of ether oxygens (including phenoxy) is 2. The number of nitrogens with two attached hydrogens (primary N) is 1. The number of aliphatic hydroxyl groups is 1. The fraction of sp³-hybridized carbons (Fsp3) is 0.533. The van der Waals surface area contributed by atoms with Gasteiger partial charge in [-0.25, -0.2) is 0 Å². The zero-order valence-corrected chi connectivity index (χ0v) is 13.0. The number of anilines is 1. The number of carbonyl (C=O) groups is 1. The molecular formula is C15H24N2O4. The fourth-order valence-corrected chi connectivity index (χ4v) is 2.08. The van der Waals surface area contributed by atoms with E-state index in [1.807, 2.05) is 6.92 Å². The Morgan fingerprint density at radius 3 is 2.43 bits per heavy atom. The molecule has 1 aromatic rings. The molecule has 21 heavy (non-hydrogen) atoms. The van der Waals surface area contributed by atoms with Gasteiger partial charge in [0.05, 0.1) is 25.4 Å². The number of hydrogen-bond acceptors (Lipinski definition) is 5. The van der Waals surface area contributed by atoms with Crippen molar-refractivity contribution < 1.29 is 19.4 Å². The average molecular weight is 296 g/mol. The molecule has 0 saturated carbocycles. The van der Waals surface area contributed by atoms with Crippen LogP contribution in [0.5, 0.6) is 11.5 Å². The number of nitrogen functional groups attached to an aromatic ring is 1. The molecule has 1 aromatic carbocycles. The molecule has 6 heteroatoms. The van der Waals surface area contributed by atoms with Crippen LogP contribution in [-0.4, -0.2) is 37.4 Å². The second-order valence-corrected chi connectivity index (χ2v) is 5.22. The summed E-state index contributed by atoms with van der Waals surface area (Å²) in [6.45, 7) is 3.82. The molecule has 6 nitrogen and oxygen atoms in total. The number of methoxy groups -OCH3 is 2. The van der Waals surface area contributed by atoms with Gasteiger partial charge in [0.1, 0.15) is 0 Å². The number of rotatable bonds is 7. The molecule has 0 spiro atoms. The normalized spacial score (nSPS) is 13.4. The summed E-state index contributed by atoms with van der Waals surface area (Å²) in [5.41, 5.74) is 5.51. The molecule has 1 unspecified atom stereocenters. The minimum absolute atomic E-state index is 0.160. The Balaban J connectivity index is 2.88. The lowest BCUT2D eigenvalue weighted by Crippen LogP contribution is -2.40. The van der Waals surface area contributed by atoms with Crippen LogP contribution in [0.2, 0.25) is 0 Å². The van der Waals surface area contributed by atoms with Gasteiger partial charge < -0.3 is 25.6 Å². The number of benzene rings is 1. The highest BCUT2D eigenvalue weighted by Crippen LogP contribution is 2.31. The van der Waals surface area contributed by atoms with Crippen LogP contribution in [0.4, 0.5) is 5.69 Å². The largest absolute Gasteiger partial charge is 0.493 e. The highest BCUT2D eigenvalue weighted by atomic mass is 16.5. The summed E-state index contributed by atoms with van der Waals surface area (Å²) >= 11 is 0. The van der Waals surface area contributed by atoms with E-state index < -0.39 is 5.60 Å². The van der Waals surface area contributed by atoms with E-state index in [0.717, 1.165) is 6.42 Å². The lowest BCUT2D eigenvalue weighted by Gasteiger charge is -2.23. The zero-order valence-electron chi connectivity index (χ0n) is 13.0. The third-order valence-electron chi connectivity index (χ3n) is 3.22. The van der Waals surface area contributed by atoms with E-state index >= 15 is 0 Å². The van der Waals surface area contributed by atoms with Crippen LogP contribution in [0.15, 0.2) is 12.1 Å². The summed E-state index contributed by atoms with van der Waals surface area (Å²) < 4.78 is 10.3. The van der Waals surface area contributed by atoms with Crippen molar-refractivity contribution in [3.8, 4) is 11.5 Å². The van der Waals surface area contributed by atoms with Gasteiger partial charge in [0.2, 0.25) is 0 Å². The van der Waals surface area contributed by atoms with Gasteiger partial charge in [0.25, 0.3) is 5.91 Å². The molecule has 4 N–H and O–H groups in total.